The molecule has 0 aliphatic carbocycles. The molecule has 0 spiro atoms. The monoisotopic (exact) mass is 311 g/mol. The summed E-state index contributed by atoms with van der Waals surface area (Å²) in [7, 11) is 0. The average molecular weight is 312 g/mol. The molecule has 0 saturated carbocycles. The molecule has 0 radical (unpaired) electrons. The van der Waals surface area contributed by atoms with Gasteiger partial charge in [0.25, 0.3) is 5.91 Å². The van der Waals surface area contributed by atoms with Crippen LogP contribution in [-0.2, 0) is 4.79 Å². The van der Waals surface area contributed by atoms with Crippen LogP contribution < -0.4 is 16.4 Å². The fourth-order valence-corrected chi connectivity index (χ4v) is 1.90. The van der Waals surface area contributed by atoms with Crippen LogP contribution in [0.2, 0.25) is 5.02 Å². The van der Waals surface area contributed by atoms with Crippen molar-refractivity contribution in [2.24, 2.45) is 5.73 Å². The molecule has 116 valence electrons. The largest absolute Gasteiger partial charge is 0.350 e. The number of anilines is 1. The number of rotatable bonds is 6. The van der Waals surface area contributed by atoms with Crippen LogP contribution in [-0.4, -0.2) is 23.9 Å². The maximum atomic E-state index is 12.1. The van der Waals surface area contributed by atoms with Gasteiger partial charge in [-0.1, -0.05) is 11.6 Å². The van der Waals surface area contributed by atoms with Gasteiger partial charge in [-0.25, -0.2) is 0 Å². The van der Waals surface area contributed by atoms with Crippen LogP contribution in [0.5, 0.6) is 0 Å². The van der Waals surface area contributed by atoms with Gasteiger partial charge in [0.15, 0.2) is 0 Å². The predicted molar refractivity (Wildman–Crippen MR) is 85.6 cm³/mol. The quantitative estimate of drug-likeness (QED) is 0.755. The van der Waals surface area contributed by atoms with Crippen LogP contribution in [0, 0.1) is 0 Å². The number of amides is 2. The first-order valence-corrected chi connectivity index (χ1v) is 7.33. The molecule has 0 fully saturated rings. The van der Waals surface area contributed by atoms with Gasteiger partial charge in [0, 0.05) is 23.5 Å². The average Bonchev–Trinajstić information content (AvgIpc) is 2.35. The summed E-state index contributed by atoms with van der Waals surface area (Å²) in [5.74, 6) is -0.433. The lowest BCUT2D eigenvalue weighted by Gasteiger charge is -2.14. The zero-order chi connectivity index (χ0) is 16.0. The minimum absolute atomic E-state index is 0.00909. The summed E-state index contributed by atoms with van der Waals surface area (Å²) in [5, 5.41) is 5.97. The summed E-state index contributed by atoms with van der Waals surface area (Å²) < 4.78 is 0. The van der Waals surface area contributed by atoms with Gasteiger partial charge in [-0.05, 0) is 45.4 Å². The van der Waals surface area contributed by atoms with Crippen molar-refractivity contribution in [2.75, 3.05) is 5.32 Å². The molecule has 1 aromatic carbocycles. The Balaban J connectivity index is 2.87. The van der Waals surface area contributed by atoms with E-state index in [9.17, 15) is 9.59 Å². The van der Waals surface area contributed by atoms with Crippen molar-refractivity contribution in [3.63, 3.8) is 0 Å². The Hall–Kier alpha value is -1.59. The van der Waals surface area contributed by atoms with Crippen molar-refractivity contribution in [3.8, 4) is 0 Å². The Morgan fingerprint density at radius 3 is 2.52 bits per heavy atom. The first kappa shape index (κ1) is 17.5. The minimum atomic E-state index is -0.246. The molecule has 0 saturated heterocycles. The Labute approximate surface area is 130 Å². The Kier molecular flexibility index (Phi) is 6.65. The number of carbonyl (C=O) groups excluding carboxylic acids is 2. The first-order valence-electron chi connectivity index (χ1n) is 6.95. The predicted octanol–water partition coefficient (Wildman–Crippen LogP) is 2.54. The Morgan fingerprint density at radius 1 is 1.29 bits per heavy atom. The van der Waals surface area contributed by atoms with Gasteiger partial charge < -0.3 is 16.4 Å². The van der Waals surface area contributed by atoms with Gasteiger partial charge in [-0.2, -0.15) is 0 Å². The van der Waals surface area contributed by atoms with E-state index in [0.29, 0.717) is 29.1 Å². The van der Waals surface area contributed by atoms with E-state index in [1.54, 1.807) is 18.2 Å². The molecular formula is C15H22ClN3O2. The molecule has 1 aromatic rings. The normalized spacial score (nSPS) is 12.1. The maximum Gasteiger partial charge on any atom is 0.253 e. The second kappa shape index (κ2) is 8.00. The third kappa shape index (κ3) is 6.14. The number of nitrogens with two attached hydrogens (primary N) is 1. The number of nitrogens with one attached hydrogen (secondary N) is 2. The molecule has 0 aliphatic rings. The lowest BCUT2D eigenvalue weighted by atomic mass is 10.1. The molecule has 5 nitrogen and oxygen atoms in total. The third-order valence-electron chi connectivity index (χ3n) is 2.75. The van der Waals surface area contributed by atoms with E-state index in [1.807, 2.05) is 20.8 Å². The van der Waals surface area contributed by atoms with E-state index in [0.717, 1.165) is 0 Å². The molecule has 21 heavy (non-hydrogen) atoms. The molecule has 4 N–H and O–H groups in total. The zero-order valence-corrected chi connectivity index (χ0v) is 13.3. The van der Waals surface area contributed by atoms with Gasteiger partial charge in [0.2, 0.25) is 5.91 Å². The Morgan fingerprint density at radius 2 is 1.95 bits per heavy atom. The maximum absolute atomic E-state index is 12.1. The summed E-state index contributed by atoms with van der Waals surface area (Å²) in [5.41, 5.74) is 6.43. The van der Waals surface area contributed by atoms with Crippen LogP contribution >= 0.6 is 11.6 Å². The molecular weight excluding hydrogens is 290 g/mol. The van der Waals surface area contributed by atoms with E-state index in [-0.39, 0.29) is 23.9 Å². The Bertz CT molecular complexity index is 516. The zero-order valence-electron chi connectivity index (χ0n) is 12.6. The number of hydrogen-bond acceptors (Lipinski definition) is 3. The van der Waals surface area contributed by atoms with Crippen LogP contribution in [0.15, 0.2) is 18.2 Å². The second-order valence-corrected chi connectivity index (χ2v) is 5.82. The number of hydrogen-bond donors (Lipinski definition) is 3. The van der Waals surface area contributed by atoms with Crippen molar-refractivity contribution in [1.29, 1.82) is 0 Å². The number of benzene rings is 1. The van der Waals surface area contributed by atoms with E-state index >= 15 is 0 Å². The van der Waals surface area contributed by atoms with Gasteiger partial charge in [0.05, 0.1) is 11.3 Å². The van der Waals surface area contributed by atoms with Crippen molar-refractivity contribution in [1.82, 2.24) is 5.32 Å². The molecule has 1 rings (SSSR count). The number of halogens is 1. The van der Waals surface area contributed by atoms with Crippen LogP contribution in [0.25, 0.3) is 0 Å². The molecule has 1 unspecified atom stereocenters. The summed E-state index contributed by atoms with van der Waals surface area (Å²) in [6.07, 6.45) is 0.884. The lowest BCUT2D eigenvalue weighted by Crippen LogP contribution is -2.31. The summed E-state index contributed by atoms with van der Waals surface area (Å²) in [6, 6.07) is 4.75. The van der Waals surface area contributed by atoms with E-state index in [4.69, 9.17) is 17.3 Å². The highest BCUT2D eigenvalue weighted by Crippen LogP contribution is 2.21. The highest BCUT2D eigenvalue weighted by molar-refractivity contribution is 6.31. The minimum Gasteiger partial charge on any atom is -0.350 e. The highest BCUT2D eigenvalue weighted by atomic mass is 35.5. The van der Waals surface area contributed by atoms with Gasteiger partial charge in [-0.3, -0.25) is 9.59 Å². The molecule has 6 heteroatoms. The molecule has 0 aromatic heterocycles. The molecule has 0 bridgehead atoms. The first-order chi connectivity index (χ1) is 9.79. The SMILES string of the molecule is CC(N)CCC(=O)Nc1cc(Cl)ccc1C(=O)NC(C)C. The van der Waals surface area contributed by atoms with Crippen molar-refractivity contribution in [3.05, 3.63) is 28.8 Å². The van der Waals surface area contributed by atoms with Crippen LogP contribution in [0.1, 0.15) is 44.0 Å². The molecule has 0 aliphatic heterocycles. The van der Waals surface area contributed by atoms with Gasteiger partial charge in [-0.15, -0.1) is 0 Å². The third-order valence-corrected chi connectivity index (χ3v) is 2.98. The van der Waals surface area contributed by atoms with E-state index in [1.165, 1.54) is 0 Å². The topological polar surface area (TPSA) is 84.2 Å². The van der Waals surface area contributed by atoms with Crippen LogP contribution in [0.4, 0.5) is 5.69 Å². The van der Waals surface area contributed by atoms with E-state index in [2.05, 4.69) is 10.6 Å². The van der Waals surface area contributed by atoms with Gasteiger partial charge in [0.1, 0.15) is 0 Å². The smallest absolute Gasteiger partial charge is 0.253 e. The molecule has 0 heterocycles. The fourth-order valence-electron chi connectivity index (χ4n) is 1.73. The molecule has 2 amide bonds. The van der Waals surface area contributed by atoms with Crippen molar-refractivity contribution >= 4 is 29.1 Å². The van der Waals surface area contributed by atoms with Crippen molar-refractivity contribution in [2.45, 2.75) is 45.7 Å². The number of carbonyl (C=O) groups is 2. The highest BCUT2D eigenvalue weighted by Gasteiger charge is 2.15. The van der Waals surface area contributed by atoms with Crippen molar-refractivity contribution < 1.29 is 9.59 Å². The summed E-state index contributed by atoms with van der Waals surface area (Å²) in [6.45, 7) is 5.58. The standard InChI is InChI=1S/C15H22ClN3O2/c1-9(2)18-15(21)12-6-5-11(16)8-13(12)19-14(20)7-4-10(3)17/h5-6,8-10H,4,7,17H2,1-3H3,(H,18,21)(H,19,20). The summed E-state index contributed by atoms with van der Waals surface area (Å²) in [4.78, 5) is 24.0. The van der Waals surface area contributed by atoms with Crippen LogP contribution in [0.3, 0.4) is 0 Å². The fraction of sp³-hybridized carbons (Fsp3) is 0.467. The summed E-state index contributed by atoms with van der Waals surface area (Å²) >= 11 is 5.94. The van der Waals surface area contributed by atoms with Gasteiger partial charge >= 0.3 is 0 Å². The second-order valence-electron chi connectivity index (χ2n) is 5.38. The lowest BCUT2D eigenvalue weighted by molar-refractivity contribution is -0.116. The van der Waals surface area contributed by atoms with E-state index < -0.39 is 0 Å². The molecule has 1 atom stereocenters.